The van der Waals surface area contributed by atoms with Gasteiger partial charge in [-0.1, -0.05) is 18.2 Å². The van der Waals surface area contributed by atoms with Gasteiger partial charge in [0, 0.05) is 23.5 Å². The molecule has 0 aliphatic heterocycles. The van der Waals surface area contributed by atoms with E-state index in [9.17, 15) is 0 Å². The zero-order chi connectivity index (χ0) is 18.7. The van der Waals surface area contributed by atoms with Gasteiger partial charge in [0.1, 0.15) is 17.0 Å². The summed E-state index contributed by atoms with van der Waals surface area (Å²) in [5.41, 5.74) is 2.26. The molecule has 26 heavy (non-hydrogen) atoms. The third kappa shape index (κ3) is 3.24. The molecule has 0 aliphatic carbocycles. The van der Waals surface area contributed by atoms with Crippen molar-refractivity contribution in [2.24, 2.45) is 0 Å². The molecule has 6 heteroatoms. The average Bonchev–Trinajstić information content (AvgIpc) is 2.95. The third-order valence-electron chi connectivity index (χ3n) is 4.44. The molecule has 0 saturated carbocycles. The second-order valence-corrected chi connectivity index (χ2v) is 7.19. The van der Waals surface area contributed by atoms with Gasteiger partial charge in [0.15, 0.2) is 11.5 Å². The van der Waals surface area contributed by atoms with Gasteiger partial charge in [0.2, 0.25) is 0 Å². The minimum Gasteiger partial charge on any atom is -0.493 e. The molecule has 2 heterocycles. The number of hydrogen-bond donors (Lipinski definition) is 0. The van der Waals surface area contributed by atoms with Crippen molar-refractivity contribution < 1.29 is 9.47 Å². The van der Waals surface area contributed by atoms with Crippen LogP contribution in [0.15, 0.2) is 37.2 Å². The van der Waals surface area contributed by atoms with E-state index >= 15 is 0 Å². The number of fused-ring (bicyclic) bond motifs is 1. The molecule has 3 rings (SSSR count). The summed E-state index contributed by atoms with van der Waals surface area (Å²) in [5, 5.41) is 1.11. The summed E-state index contributed by atoms with van der Waals surface area (Å²) in [6.45, 7) is 9.46. The number of aryl methyl sites for hydroxylation is 2. The molecule has 0 saturated heterocycles. The molecule has 0 N–H and O–H groups in total. The molecule has 0 bridgehead atoms. The Labute approximate surface area is 157 Å². The monoisotopic (exact) mass is 369 g/mol. The maximum absolute atomic E-state index is 5.59. The number of benzene rings is 1. The number of nitrogens with zero attached hydrogens (tertiary/aromatic N) is 3. The Balaban J connectivity index is 2.08. The molecule has 0 unspecified atom stereocenters. The SMILES string of the molecule is C=CCN(Cc1cccc(OC)c1OC)c1ncnc2sc(C)c(C)c12. The van der Waals surface area contributed by atoms with Gasteiger partial charge in [-0.3, -0.25) is 0 Å². The zero-order valence-corrected chi connectivity index (χ0v) is 16.4. The molecule has 3 aromatic rings. The zero-order valence-electron chi connectivity index (χ0n) is 15.6. The molecular weight excluding hydrogens is 346 g/mol. The second-order valence-electron chi connectivity index (χ2n) is 5.98. The molecule has 0 amide bonds. The third-order valence-corrected chi connectivity index (χ3v) is 5.56. The van der Waals surface area contributed by atoms with Crippen molar-refractivity contribution >= 4 is 27.4 Å². The van der Waals surface area contributed by atoms with Crippen molar-refractivity contribution in [2.45, 2.75) is 20.4 Å². The average molecular weight is 369 g/mol. The van der Waals surface area contributed by atoms with E-state index in [0.29, 0.717) is 13.1 Å². The number of thiophene rings is 1. The van der Waals surface area contributed by atoms with E-state index in [2.05, 4.69) is 35.3 Å². The van der Waals surface area contributed by atoms with Crippen molar-refractivity contribution in [1.29, 1.82) is 0 Å². The first kappa shape index (κ1) is 18.2. The molecule has 0 radical (unpaired) electrons. The first-order valence-corrected chi connectivity index (χ1v) is 9.18. The molecular formula is C20H23N3O2S. The summed E-state index contributed by atoms with van der Waals surface area (Å²) >= 11 is 1.70. The number of hydrogen-bond acceptors (Lipinski definition) is 6. The van der Waals surface area contributed by atoms with Crippen LogP contribution in [0.1, 0.15) is 16.0 Å². The Morgan fingerprint density at radius 2 is 2.00 bits per heavy atom. The van der Waals surface area contributed by atoms with Crippen LogP contribution >= 0.6 is 11.3 Å². The fourth-order valence-corrected chi connectivity index (χ4v) is 4.06. The minimum absolute atomic E-state index is 0.632. The number of aromatic nitrogens is 2. The van der Waals surface area contributed by atoms with Gasteiger partial charge in [0.25, 0.3) is 0 Å². The maximum atomic E-state index is 5.59. The molecule has 5 nitrogen and oxygen atoms in total. The van der Waals surface area contributed by atoms with Crippen molar-refractivity contribution in [3.05, 3.63) is 53.2 Å². The van der Waals surface area contributed by atoms with Crippen LogP contribution in [-0.2, 0) is 6.54 Å². The van der Waals surface area contributed by atoms with Crippen molar-refractivity contribution in [2.75, 3.05) is 25.7 Å². The molecule has 0 spiro atoms. The van der Waals surface area contributed by atoms with E-state index in [1.54, 1.807) is 31.9 Å². The number of ether oxygens (including phenoxy) is 2. The lowest BCUT2D eigenvalue weighted by molar-refractivity contribution is 0.351. The number of rotatable bonds is 7. The lowest BCUT2D eigenvalue weighted by atomic mass is 10.1. The van der Waals surface area contributed by atoms with Gasteiger partial charge >= 0.3 is 0 Å². The summed E-state index contributed by atoms with van der Waals surface area (Å²) in [4.78, 5) is 13.5. The smallest absolute Gasteiger partial charge is 0.165 e. The Morgan fingerprint density at radius 1 is 1.19 bits per heavy atom. The van der Waals surface area contributed by atoms with E-state index in [1.807, 2.05) is 24.3 Å². The van der Waals surface area contributed by atoms with Gasteiger partial charge in [-0.05, 0) is 25.5 Å². The fraction of sp³-hybridized carbons (Fsp3) is 0.300. The molecule has 0 atom stereocenters. The van der Waals surface area contributed by atoms with Crippen molar-refractivity contribution in [1.82, 2.24) is 9.97 Å². The first-order valence-electron chi connectivity index (χ1n) is 8.37. The van der Waals surface area contributed by atoms with Crippen molar-refractivity contribution in [3.8, 4) is 11.5 Å². The standard InChI is InChI=1S/C20H23N3O2S/c1-6-10-23(11-15-8-7-9-16(24-4)18(15)25-5)19-17-13(2)14(3)26-20(17)22-12-21-19/h6-9,12H,1,10-11H2,2-5H3. The predicted octanol–water partition coefficient (Wildman–Crippen LogP) is 4.52. The molecule has 136 valence electrons. The molecule has 2 aromatic heterocycles. The molecule has 0 aliphatic rings. The predicted molar refractivity (Wildman–Crippen MR) is 108 cm³/mol. The maximum Gasteiger partial charge on any atom is 0.165 e. The van der Waals surface area contributed by atoms with Gasteiger partial charge in [0.05, 0.1) is 19.6 Å². The van der Waals surface area contributed by atoms with Crippen LogP contribution in [-0.4, -0.2) is 30.7 Å². The highest BCUT2D eigenvalue weighted by Gasteiger charge is 2.19. The van der Waals surface area contributed by atoms with Gasteiger partial charge in [-0.25, -0.2) is 9.97 Å². The topological polar surface area (TPSA) is 47.5 Å². The Morgan fingerprint density at radius 3 is 2.69 bits per heavy atom. The van der Waals surface area contributed by atoms with Gasteiger partial charge < -0.3 is 14.4 Å². The highest BCUT2D eigenvalue weighted by atomic mass is 32.1. The van der Waals surface area contributed by atoms with E-state index in [-0.39, 0.29) is 0 Å². The Bertz CT molecular complexity index is 936. The van der Waals surface area contributed by atoms with Crippen LogP contribution in [0.4, 0.5) is 5.82 Å². The van der Waals surface area contributed by atoms with Crippen LogP contribution in [0, 0.1) is 13.8 Å². The highest BCUT2D eigenvalue weighted by molar-refractivity contribution is 7.18. The minimum atomic E-state index is 0.632. The molecule has 1 aromatic carbocycles. The Kier molecular flexibility index (Phi) is 5.42. The number of para-hydroxylation sites is 1. The van der Waals surface area contributed by atoms with E-state index in [1.165, 1.54) is 10.4 Å². The van der Waals surface area contributed by atoms with Crippen LogP contribution in [0.3, 0.4) is 0 Å². The number of anilines is 1. The van der Waals surface area contributed by atoms with Gasteiger partial charge in [-0.2, -0.15) is 0 Å². The van der Waals surface area contributed by atoms with Crippen LogP contribution in [0.2, 0.25) is 0 Å². The summed E-state index contributed by atoms with van der Waals surface area (Å²) in [7, 11) is 3.31. The Hall–Kier alpha value is -2.60. The highest BCUT2D eigenvalue weighted by Crippen LogP contribution is 2.36. The van der Waals surface area contributed by atoms with Crippen LogP contribution < -0.4 is 14.4 Å². The number of methoxy groups -OCH3 is 2. The fourth-order valence-electron chi connectivity index (χ4n) is 3.07. The van der Waals surface area contributed by atoms with Gasteiger partial charge in [-0.15, -0.1) is 17.9 Å². The van der Waals surface area contributed by atoms with E-state index in [4.69, 9.17) is 9.47 Å². The van der Waals surface area contributed by atoms with E-state index < -0.39 is 0 Å². The summed E-state index contributed by atoms with van der Waals surface area (Å²) < 4.78 is 11.0. The summed E-state index contributed by atoms with van der Waals surface area (Å²) in [5.74, 6) is 2.38. The quantitative estimate of drug-likeness (QED) is 0.573. The molecule has 0 fully saturated rings. The van der Waals surface area contributed by atoms with Crippen LogP contribution in [0.25, 0.3) is 10.2 Å². The normalized spacial score (nSPS) is 10.8. The lowest BCUT2D eigenvalue weighted by Gasteiger charge is -2.24. The van der Waals surface area contributed by atoms with Crippen LogP contribution in [0.5, 0.6) is 11.5 Å². The summed E-state index contributed by atoms with van der Waals surface area (Å²) in [6, 6.07) is 5.91. The van der Waals surface area contributed by atoms with Crippen molar-refractivity contribution in [3.63, 3.8) is 0 Å². The second kappa shape index (κ2) is 7.74. The first-order chi connectivity index (χ1) is 12.6. The largest absolute Gasteiger partial charge is 0.493 e. The van der Waals surface area contributed by atoms with E-state index in [0.717, 1.165) is 33.1 Å². The summed E-state index contributed by atoms with van der Waals surface area (Å²) in [6.07, 6.45) is 3.51. The lowest BCUT2D eigenvalue weighted by Crippen LogP contribution is -2.24.